The topological polar surface area (TPSA) is 93.5 Å². The number of carbonyl (C=O) groups is 1. The number of aliphatic carboxylic acids is 1. The van der Waals surface area contributed by atoms with Crippen molar-refractivity contribution < 1.29 is 24.9 Å². The Balaban J connectivity index is 1.47. The second-order valence-electron chi connectivity index (χ2n) is 12.5. The summed E-state index contributed by atoms with van der Waals surface area (Å²) in [5, 5.41) is 33.7. The van der Waals surface area contributed by atoms with Crippen LogP contribution in [0, 0.1) is 11.8 Å². The molecule has 0 unspecified atom stereocenters. The van der Waals surface area contributed by atoms with Gasteiger partial charge in [0.15, 0.2) is 5.60 Å². The first-order chi connectivity index (χ1) is 19.6. The highest BCUT2D eigenvalue weighted by molar-refractivity contribution is 6.30. The number of hydrogen-bond donors (Lipinski definition) is 3. The molecule has 7 nitrogen and oxygen atoms in total. The molecule has 2 aliphatic heterocycles. The molecule has 2 aliphatic carbocycles. The summed E-state index contributed by atoms with van der Waals surface area (Å²) in [4.78, 5) is 16.7. The maximum absolute atomic E-state index is 12.6. The molecule has 3 N–H and O–H groups in total. The van der Waals surface area contributed by atoms with E-state index in [1.54, 1.807) is 18.2 Å². The van der Waals surface area contributed by atoms with Crippen molar-refractivity contribution >= 4 is 23.3 Å². The third-order valence-corrected chi connectivity index (χ3v) is 10.2. The van der Waals surface area contributed by atoms with Crippen molar-refractivity contribution in [2.24, 2.45) is 11.8 Å². The van der Waals surface area contributed by atoms with Crippen LogP contribution in [0.1, 0.15) is 48.8 Å². The van der Waals surface area contributed by atoms with Gasteiger partial charge in [0.25, 0.3) is 0 Å². The minimum absolute atomic E-state index is 0.144. The normalized spacial score (nSPS) is 32.4. The first-order valence-corrected chi connectivity index (χ1v) is 15.0. The summed E-state index contributed by atoms with van der Waals surface area (Å²) in [5.41, 5.74) is 1.66. The summed E-state index contributed by atoms with van der Waals surface area (Å²) in [6, 6.07) is 11.4. The van der Waals surface area contributed by atoms with Crippen LogP contribution in [0.2, 0.25) is 5.02 Å². The number of likely N-dealkylation sites (N-methyl/N-ethyl adjacent to an activating group) is 1. The molecule has 0 amide bonds. The van der Waals surface area contributed by atoms with Crippen LogP contribution in [0.4, 0.5) is 5.69 Å². The fourth-order valence-corrected chi connectivity index (χ4v) is 7.48. The van der Waals surface area contributed by atoms with E-state index in [0.29, 0.717) is 43.3 Å². The largest absolute Gasteiger partial charge is 0.490 e. The molecular weight excluding hydrogens is 540 g/mol. The summed E-state index contributed by atoms with van der Waals surface area (Å²) in [6.07, 6.45) is 7.96. The number of hydrogen-bond acceptors (Lipinski definition) is 6. The Morgan fingerprint density at radius 2 is 2.02 bits per heavy atom. The number of aryl methyl sites for hydroxylation is 1. The molecule has 1 saturated carbocycles. The van der Waals surface area contributed by atoms with Gasteiger partial charge >= 0.3 is 5.97 Å². The SMILES string of the molecule is C=C1C[C@](O)(C(=O)O)c2ccc3c(c2)N(C[C@@H]2CC[C@H]2[C@@H](O)/C=C/CN1C)C[C@@]1(CCCc2cc(Cl)ccc21)CO3. The van der Waals surface area contributed by atoms with Gasteiger partial charge in [-0.2, -0.15) is 0 Å². The van der Waals surface area contributed by atoms with Gasteiger partial charge in [0.2, 0.25) is 0 Å². The predicted molar refractivity (Wildman–Crippen MR) is 159 cm³/mol. The molecule has 6 rings (SSSR count). The van der Waals surface area contributed by atoms with Gasteiger partial charge in [-0.3, -0.25) is 0 Å². The molecular formula is C33H39ClN2O5. The van der Waals surface area contributed by atoms with Crippen molar-refractivity contribution in [3.05, 3.63) is 82.5 Å². The van der Waals surface area contributed by atoms with Crippen molar-refractivity contribution in [1.82, 2.24) is 4.90 Å². The smallest absolute Gasteiger partial charge is 0.340 e. The van der Waals surface area contributed by atoms with E-state index < -0.39 is 17.7 Å². The van der Waals surface area contributed by atoms with E-state index in [4.69, 9.17) is 16.3 Å². The Bertz CT molecular complexity index is 1390. The number of aliphatic hydroxyl groups excluding tert-OH is 1. The Labute approximate surface area is 246 Å². The molecule has 2 aromatic rings. The average Bonchev–Trinajstić information content (AvgIpc) is 3.07. The highest BCUT2D eigenvalue weighted by Crippen LogP contribution is 2.47. The fraction of sp³-hybridized carbons (Fsp3) is 0.485. The number of fused-ring (bicyclic) bond motifs is 4. The zero-order chi connectivity index (χ0) is 28.9. The Hall–Kier alpha value is -3.00. The van der Waals surface area contributed by atoms with Crippen LogP contribution in [-0.4, -0.2) is 65.6 Å². The van der Waals surface area contributed by atoms with Crippen LogP contribution in [0.25, 0.3) is 0 Å². The second-order valence-corrected chi connectivity index (χ2v) is 12.9. The standard InChI is InChI=1S/C33H39ClN2O5/c1-21-17-33(40,31(38)39)24-8-12-30-28(16-24)36(18-23-7-10-26(23)29(37)6-4-14-35(21)2)19-32(20-41-30)13-3-5-22-15-25(34)9-11-27(22)32/h4,6,8-9,11-12,15-16,23,26,29,37,40H,1,3,5,7,10,13-14,17-20H2,2H3,(H,38,39)/b6-4+/t23-,26+,29-,32-,33+/m0/s1. The van der Waals surface area contributed by atoms with Gasteiger partial charge in [-0.1, -0.05) is 42.5 Å². The van der Waals surface area contributed by atoms with Crippen LogP contribution in [0.15, 0.2) is 60.8 Å². The molecule has 2 bridgehead atoms. The van der Waals surface area contributed by atoms with E-state index in [1.807, 2.05) is 30.2 Å². The van der Waals surface area contributed by atoms with E-state index in [2.05, 4.69) is 23.6 Å². The predicted octanol–water partition coefficient (Wildman–Crippen LogP) is 4.88. The van der Waals surface area contributed by atoms with Gasteiger partial charge in [0.1, 0.15) is 5.75 Å². The molecule has 4 aliphatic rings. The van der Waals surface area contributed by atoms with Crippen molar-refractivity contribution in [2.45, 2.75) is 55.6 Å². The summed E-state index contributed by atoms with van der Waals surface area (Å²) in [5.74, 6) is -0.233. The number of ether oxygens (including phenoxy) is 1. The van der Waals surface area contributed by atoms with Gasteiger partial charge < -0.3 is 29.9 Å². The molecule has 8 heteroatoms. The molecule has 0 aromatic heterocycles. The van der Waals surface area contributed by atoms with Crippen molar-refractivity contribution in [3.8, 4) is 5.75 Å². The van der Waals surface area contributed by atoms with Crippen molar-refractivity contribution in [2.75, 3.05) is 38.2 Å². The molecule has 41 heavy (non-hydrogen) atoms. The Morgan fingerprint density at radius 3 is 2.78 bits per heavy atom. The highest BCUT2D eigenvalue weighted by Gasteiger charge is 2.45. The molecule has 1 fully saturated rings. The number of rotatable bonds is 1. The lowest BCUT2D eigenvalue weighted by Crippen LogP contribution is -2.49. The molecule has 2 aromatic carbocycles. The van der Waals surface area contributed by atoms with Crippen LogP contribution in [-0.2, 0) is 22.2 Å². The minimum Gasteiger partial charge on any atom is -0.490 e. The number of carboxylic acids is 1. The van der Waals surface area contributed by atoms with Crippen LogP contribution < -0.4 is 9.64 Å². The first kappa shape index (κ1) is 28.1. The molecule has 0 saturated heterocycles. The van der Waals surface area contributed by atoms with Gasteiger partial charge in [0.05, 0.1) is 18.4 Å². The van der Waals surface area contributed by atoms with Gasteiger partial charge in [-0.25, -0.2) is 4.79 Å². The number of halogens is 1. The molecule has 0 radical (unpaired) electrons. The summed E-state index contributed by atoms with van der Waals surface area (Å²) in [7, 11) is 1.81. The zero-order valence-electron chi connectivity index (χ0n) is 23.6. The number of anilines is 1. The number of nitrogens with zero attached hydrogens (tertiary/aromatic N) is 2. The lowest BCUT2D eigenvalue weighted by Gasteiger charge is -2.45. The van der Waals surface area contributed by atoms with Crippen LogP contribution in [0.5, 0.6) is 5.75 Å². The second kappa shape index (κ2) is 10.7. The van der Waals surface area contributed by atoms with E-state index in [9.17, 15) is 20.1 Å². The van der Waals surface area contributed by atoms with Gasteiger partial charge in [0, 0.05) is 49.2 Å². The van der Waals surface area contributed by atoms with E-state index in [-0.39, 0.29) is 23.7 Å². The summed E-state index contributed by atoms with van der Waals surface area (Å²) < 4.78 is 6.56. The maximum Gasteiger partial charge on any atom is 0.340 e. The maximum atomic E-state index is 12.6. The first-order valence-electron chi connectivity index (χ1n) is 14.6. The number of benzene rings is 2. The minimum atomic E-state index is -2.16. The third kappa shape index (κ3) is 5.02. The number of carboxylic acid groups (broad SMARTS) is 1. The van der Waals surface area contributed by atoms with Crippen LogP contribution >= 0.6 is 11.6 Å². The highest BCUT2D eigenvalue weighted by atomic mass is 35.5. The molecule has 2 heterocycles. The Kier molecular flexibility index (Phi) is 7.33. The zero-order valence-corrected chi connectivity index (χ0v) is 24.3. The summed E-state index contributed by atoms with van der Waals surface area (Å²) >= 11 is 6.39. The van der Waals surface area contributed by atoms with Crippen molar-refractivity contribution in [3.63, 3.8) is 0 Å². The average molecular weight is 579 g/mol. The van der Waals surface area contributed by atoms with E-state index >= 15 is 0 Å². The molecule has 1 spiro atoms. The third-order valence-electron chi connectivity index (χ3n) is 9.95. The van der Waals surface area contributed by atoms with Crippen molar-refractivity contribution in [1.29, 1.82) is 0 Å². The van der Waals surface area contributed by atoms with Gasteiger partial charge in [-0.15, -0.1) is 0 Å². The van der Waals surface area contributed by atoms with Crippen LogP contribution in [0.3, 0.4) is 0 Å². The quantitative estimate of drug-likeness (QED) is 0.415. The summed E-state index contributed by atoms with van der Waals surface area (Å²) in [6.45, 7) is 6.43. The number of aliphatic hydroxyl groups is 2. The monoisotopic (exact) mass is 578 g/mol. The van der Waals surface area contributed by atoms with E-state index in [0.717, 1.165) is 42.8 Å². The molecule has 218 valence electrons. The Morgan fingerprint density at radius 1 is 1.20 bits per heavy atom. The van der Waals surface area contributed by atoms with E-state index in [1.165, 1.54) is 11.1 Å². The van der Waals surface area contributed by atoms with Gasteiger partial charge in [-0.05, 0) is 84.9 Å². The molecule has 5 atom stereocenters. The fourth-order valence-electron chi connectivity index (χ4n) is 7.29. The lowest BCUT2D eigenvalue weighted by molar-refractivity contribution is -0.160. The lowest BCUT2D eigenvalue weighted by atomic mass is 9.68.